The van der Waals surface area contributed by atoms with Gasteiger partial charge in [-0.05, 0) is 19.1 Å². The van der Waals surface area contributed by atoms with Crippen LogP contribution in [0.2, 0.25) is 0 Å². The van der Waals surface area contributed by atoms with Crippen molar-refractivity contribution in [2.45, 2.75) is 13.5 Å². The molecule has 0 saturated heterocycles. The highest BCUT2D eigenvalue weighted by Crippen LogP contribution is 2.23. The Labute approximate surface area is 117 Å². The second-order valence-electron chi connectivity index (χ2n) is 4.48. The average Bonchev–Trinajstić information content (AvgIpc) is 2.74. The number of hydrogen-bond acceptors (Lipinski definition) is 4. The summed E-state index contributed by atoms with van der Waals surface area (Å²) >= 11 is 0. The van der Waals surface area contributed by atoms with Crippen molar-refractivity contribution in [3.05, 3.63) is 41.2 Å². The lowest BCUT2D eigenvalue weighted by atomic mass is 10.1. The van der Waals surface area contributed by atoms with Gasteiger partial charge in [-0.15, -0.1) is 0 Å². The fourth-order valence-corrected chi connectivity index (χ4v) is 1.92. The standard InChI is InChI=1S/C14H17N3O3/c1-9-10(8-17(2)16-9)7-15-14(19)12-5-4-11(20-3)6-13(12)18/h4-6,8,18H,7H2,1-3H3,(H,15,19). The maximum atomic E-state index is 12.0. The average molecular weight is 275 g/mol. The van der Waals surface area contributed by atoms with Crippen molar-refractivity contribution < 1.29 is 14.6 Å². The van der Waals surface area contributed by atoms with Gasteiger partial charge < -0.3 is 15.2 Å². The van der Waals surface area contributed by atoms with Gasteiger partial charge in [-0.3, -0.25) is 9.48 Å². The van der Waals surface area contributed by atoms with Crippen molar-refractivity contribution in [3.8, 4) is 11.5 Å². The van der Waals surface area contributed by atoms with Gasteiger partial charge >= 0.3 is 0 Å². The molecule has 0 spiro atoms. The molecule has 6 nitrogen and oxygen atoms in total. The van der Waals surface area contributed by atoms with Gasteiger partial charge in [0.05, 0.1) is 18.4 Å². The molecule has 0 unspecified atom stereocenters. The molecule has 0 aliphatic heterocycles. The van der Waals surface area contributed by atoms with Crippen molar-refractivity contribution in [1.29, 1.82) is 0 Å². The second kappa shape index (κ2) is 5.64. The topological polar surface area (TPSA) is 76.4 Å². The third-order valence-electron chi connectivity index (χ3n) is 3.00. The van der Waals surface area contributed by atoms with Gasteiger partial charge in [-0.25, -0.2) is 0 Å². The molecule has 0 aliphatic carbocycles. The van der Waals surface area contributed by atoms with E-state index in [-0.39, 0.29) is 17.2 Å². The van der Waals surface area contributed by atoms with E-state index in [0.29, 0.717) is 12.3 Å². The molecule has 1 amide bonds. The first-order chi connectivity index (χ1) is 9.51. The maximum Gasteiger partial charge on any atom is 0.255 e. The van der Waals surface area contributed by atoms with Crippen LogP contribution >= 0.6 is 0 Å². The number of nitrogens with zero attached hydrogens (tertiary/aromatic N) is 2. The van der Waals surface area contributed by atoms with E-state index in [1.165, 1.54) is 19.2 Å². The molecule has 0 atom stereocenters. The van der Waals surface area contributed by atoms with Crippen LogP contribution in [0, 0.1) is 6.92 Å². The first-order valence-corrected chi connectivity index (χ1v) is 6.15. The number of aromatic hydroxyl groups is 1. The van der Waals surface area contributed by atoms with Crippen LogP contribution in [0.5, 0.6) is 11.5 Å². The summed E-state index contributed by atoms with van der Waals surface area (Å²) in [5.74, 6) is 0.0559. The first-order valence-electron chi connectivity index (χ1n) is 6.15. The molecule has 0 fully saturated rings. The summed E-state index contributed by atoms with van der Waals surface area (Å²) < 4.78 is 6.67. The normalized spacial score (nSPS) is 10.3. The van der Waals surface area contributed by atoms with Gasteiger partial charge in [0.1, 0.15) is 11.5 Å². The lowest BCUT2D eigenvalue weighted by Crippen LogP contribution is -2.23. The Hall–Kier alpha value is -2.50. The van der Waals surface area contributed by atoms with E-state index < -0.39 is 0 Å². The van der Waals surface area contributed by atoms with Crippen LogP contribution in [0.3, 0.4) is 0 Å². The second-order valence-corrected chi connectivity index (χ2v) is 4.48. The number of methoxy groups -OCH3 is 1. The zero-order chi connectivity index (χ0) is 14.7. The minimum absolute atomic E-state index is 0.107. The summed E-state index contributed by atoms with van der Waals surface area (Å²) in [6, 6.07) is 4.56. The lowest BCUT2D eigenvalue weighted by Gasteiger charge is -2.07. The smallest absolute Gasteiger partial charge is 0.255 e. The Kier molecular flexibility index (Phi) is 3.93. The Balaban J connectivity index is 2.07. The minimum Gasteiger partial charge on any atom is -0.507 e. The monoisotopic (exact) mass is 275 g/mol. The maximum absolute atomic E-state index is 12.0. The molecule has 2 aromatic rings. The largest absolute Gasteiger partial charge is 0.507 e. The predicted octanol–water partition coefficient (Wildman–Crippen LogP) is 1.37. The molecule has 1 aromatic heterocycles. The van der Waals surface area contributed by atoms with E-state index in [9.17, 15) is 9.90 Å². The van der Waals surface area contributed by atoms with Gasteiger partial charge in [0.2, 0.25) is 0 Å². The molecule has 2 rings (SSSR count). The zero-order valence-corrected chi connectivity index (χ0v) is 11.7. The quantitative estimate of drug-likeness (QED) is 0.883. The fraction of sp³-hybridized carbons (Fsp3) is 0.286. The summed E-state index contributed by atoms with van der Waals surface area (Å²) in [7, 11) is 3.33. The Morgan fingerprint density at radius 3 is 2.80 bits per heavy atom. The fourth-order valence-electron chi connectivity index (χ4n) is 1.92. The van der Waals surface area contributed by atoms with Gasteiger partial charge in [0.25, 0.3) is 5.91 Å². The number of phenols is 1. The molecule has 0 bridgehead atoms. The third-order valence-corrected chi connectivity index (χ3v) is 3.00. The Morgan fingerprint density at radius 1 is 1.50 bits per heavy atom. The van der Waals surface area contributed by atoms with Crippen molar-refractivity contribution in [2.24, 2.45) is 7.05 Å². The zero-order valence-electron chi connectivity index (χ0n) is 11.7. The first kappa shape index (κ1) is 13.9. The lowest BCUT2D eigenvalue weighted by molar-refractivity contribution is 0.0948. The molecule has 0 aliphatic rings. The number of nitrogens with one attached hydrogen (secondary N) is 1. The van der Waals surface area contributed by atoms with E-state index in [1.807, 2.05) is 20.2 Å². The van der Waals surface area contributed by atoms with E-state index in [0.717, 1.165) is 11.3 Å². The van der Waals surface area contributed by atoms with Gasteiger partial charge in [0.15, 0.2) is 0 Å². The van der Waals surface area contributed by atoms with Crippen LogP contribution in [0.25, 0.3) is 0 Å². The summed E-state index contributed by atoms with van der Waals surface area (Å²) in [4.78, 5) is 12.0. The third kappa shape index (κ3) is 2.90. The molecule has 20 heavy (non-hydrogen) atoms. The summed E-state index contributed by atoms with van der Waals surface area (Å²) in [5.41, 5.74) is 2.02. The van der Waals surface area contributed by atoms with Gasteiger partial charge in [-0.2, -0.15) is 5.10 Å². The Morgan fingerprint density at radius 2 is 2.25 bits per heavy atom. The Bertz CT molecular complexity index is 635. The minimum atomic E-state index is -0.339. The molecular formula is C14H17N3O3. The van der Waals surface area contributed by atoms with Crippen LogP contribution < -0.4 is 10.1 Å². The van der Waals surface area contributed by atoms with Crippen LogP contribution in [-0.2, 0) is 13.6 Å². The van der Waals surface area contributed by atoms with Crippen molar-refractivity contribution in [1.82, 2.24) is 15.1 Å². The molecule has 106 valence electrons. The van der Waals surface area contributed by atoms with Crippen LogP contribution in [0.1, 0.15) is 21.6 Å². The highest BCUT2D eigenvalue weighted by Gasteiger charge is 2.12. The SMILES string of the molecule is COc1ccc(C(=O)NCc2cn(C)nc2C)c(O)c1. The number of hydrogen-bond donors (Lipinski definition) is 2. The number of benzene rings is 1. The highest BCUT2D eigenvalue weighted by atomic mass is 16.5. The van der Waals surface area contributed by atoms with Gasteiger partial charge in [0, 0.05) is 31.4 Å². The number of aryl methyl sites for hydroxylation is 2. The molecule has 0 radical (unpaired) electrons. The molecule has 2 N–H and O–H groups in total. The number of carbonyl (C=O) groups is 1. The van der Waals surface area contributed by atoms with Crippen molar-refractivity contribution in [3.63, 3.8) is 0 Å². The number of rotatable bonds is 4. The number of aromatic nitrogens is 2. The van der Waals surface area contributed by atoms with E-state index >= 15 is 0 Å². The van der Waals surface area contributed by atoms with Gasteiger partial charge in [-0.1, -0.05) is 0 Å². The summed E-state index contributed by atoms with van der Waals surface area (Å²) in [6.45, 7) is 2.25. The van der Waals surface area contributed by atoms with Crippen LogP contribution in [-0.4, -0.2) is 27.9 Å². The summed E-state index contributed by atoms with van der Waals surface area (Å²) in [5, 5.41) is 16.7. The molecule has 1 heterocycles. The summed E-state index contributed by atoms with van der Waals surface area (Å²) in [6.07, 6.45) is 1.85. The number of phenolic OH excluding ortho intramolecular Hbond substituents is 1. The van der Waals surface area contributed by atoms with Crippen molar-refractivity contribution in [2.75, 3.05) is 7.11 Å². The molecular weight excluding hydrogens is 258 g/mol. The van der Waals surface area contributed by atoms with E-state index in [2.05, 4.69) is 10.4 Å². The number of carbonyl (C=O) groups excluding carboxylic acids is 1. The van der Waals surface area contributed by atoms with Crippen LogP contribution in [0.4, 0.5) is 0 Å². The molecule has 6 heteroatoms. The van der Waals surface area contributed by atoms with E-state index in [4.69, 9.17) is 4.74 Å². The molecule has 1 aromatic carbocycles. The number of ether oxygens (including phenoxy) is 1. The predicted molar refractivity (Wildman–Crippen MR) is 73.8 cm³/mol. The highest BCUT2D eigenvalue weighted by molar-refractivity contribution is 5.96. The number of amides is 1. The van der Waals surface area contributed by atoms with Crippen LogP contribution in [0.15, 0.2) is 24.4 Å². The molecule has 0 saturated carbocycles. The van der Waals surface area contributed by atoms with E-state index in [1.54, 1.807) is 10.7 Å². The van der Waals surface area contributed by atoms with Crippen molar-refractivity contribution >= 4 is 5.91 Å².